The van der Waals surface area contributed by atoms with E-state index >= 15 is 0 Å². The fourth-order valence-electron chi connectivity index (χ4n) is 1.86. The first-order valence-corrected chi connectivity index (χ1v) is 7.74. The standard InChI is InChI=1S/C13H22N2O3S/c1-5-8-15(10(2)3)19(16,17)11-6-7-12(14)13(9-11)18-4/h6-7,9-10H,5,8,14H2,1-4H3. The van der Waals surface area contributed by atoms with Crippen LogP contribution in [0.4, 0.5) is 5.69 Å². The average molecular weight is 286 g/mol. The third kappa shape index (κ3) is 3.39. The Kier molecular flexibility index (Phi) is 5.20. The molecule has 1 aromatic carbocycles. The minimum absolute atomic E-state index is 0.0894. The van der Waals surface area contributed by atoms with Gasteiger partial charge in [0, 0.05) is 18.7 Å². The molecule has 0 heterocycles. The van der Waals surface area contributed by atoms with Gasteiger partial charge in [-0.2, -0.15) is 4.31 Å². The zero-order valence-corrected chi connectivity index (χ0v) is 12.7. The number of rotatable bonds is 6. The fraction of sp³-hybridized carbons (Fsp3) is 0.538. The van der Waals surface area contributed by atoms with E-state index in [-0.39, 0.29) is 10.9 Å². The van der Waals surface area contributed by atoms with Gasteiger partial charge in [0.25, 0.3) is 0 Å². The second-order valence-electron chi connectivity index (χ2n) is 4.61. The molecule has 0 aliphatic rings. The monoisotopic (exact) mass is 286 g/mol. The first-order valence-electron chi connectivity index (χ1n) is 6.30. The summed E-state index contributed by atoms with van der Waals surface area (Å²) in [5, 5.41) is 0. The van der Waals surface area contributed by atoms with Crippen LogP contribution in [0.1, 0.15) is 27.2 Å². The summed E-state index contributed by atoms with van der Waals surface area (Å²) in [4.78, 5) is 0.209. The number of methoxy groups -OCH3 is 1. The number of benzene rings is 1. The van der Waals surface area contributed by atoms with Crippen LogP contribution >= 0.6 is 0 Å². The number of anilines is 1. The van der Waals surface area contributed by atoms with Crippen LogP contribution in [0.2, 0.25) is 0 Å². The first kappa shape index (κ1) is 15.8. The van der Waals surface area contributed by atoms with E-state index in [4.69, 9.17) is 10.5 Å². The zero-order chi connectivity index (χ0) is 14.6. The Morgan fingerprint density at radius 1 is 1.37 bits per heavy atom. The minimum atomic E-state index is -3.51. The quantitative estimate of drug-likeness (QED) is 0.813. The number of ether oxygens (including phenoxy) is 1. The molecule has 6 heteroatoms. The molecule has 0 saturated carbocycles. The van der Waals surface area contributed by atoms with Crippen molar-refractivity contribution in [3.63, 3.8) is 0 Å². The van der Waals surface area contributed by atoms with Crippen LogP contribution in [0, 0.1) is 0 Å². The van der Waals surface area contributed by atoms with Crippen molar-refractivity contribution in [1.82, 2.24) is 4.31 Å². The lowest BCUT2D eigenvalue weighted by Crippen LogP contribution is -2.37. The molecule has 0 fully saturated rings. The molecule has 108 valence electrons. The van der Waals surface area contributed by atoms with Gasteiger partial charge < -0.3 is 10.5 Å². The Morgan fingerprint density at radius 3 is 2.47 bits per heavy atom. The van der Waals surface area contributed by atoms with Crippen LogP contribution in [0.3, 0.4) is 0 Å². The van der Waals surface area contributed by atoms with Crippen molar-refractivity contribution >= 4 is 15.7 Å². The molecule has 0 bridgehead atoms. The minimum Gasteiger partial charge on any atom is -0.495 e. The van der Waals surface area contributed by atoms with Crippen LogP contribution in [0.5, 0.6) is 5.75 Å². The molecule has 0 saturated heterocycles. The Hall–Kier alpha value is -1.27. The third-order valence-electron chi connectivity index (χ3n) is 2.83. The molecule has 0 spiro atoms. The summed E-state index contributed by atoms with van der Waals surface area (Å²) in [6.07, 6.45) is 0.767. The average Bonchev–Trinajstić information content (AvgIpc) is 2.35. The van der Waals surface area contributed by atoms with E-state index in [1.54, 1.807) is 6.07 Å². The van der Waals surface area contributed by atoms with Gasteiger partial charge in [0.15, 0.2) is 0 Å². The third-order valence-corrected chi connectivity index (χ3v) is 4.90. The van der Waals surface area contributed by atoms with E-state index in [0.717, 1.165) is 6.42 Å². The molecule has 0 amide bonds. The van der Waals surface area contributed by atoms with E-state index in [0.29, 0.717) is 18.0 Å². The fourth-order valence-corrected chi connectivity index (χ4v) is 3.61. The Balaban J connectivity index is 3.25. The molecule has 1 aromatic rings. The van der Waals surface area contributed by atoms with Gasteiger partial charge in [-0.05, 0) is 32.4 Å². The normalized spacial score (nSPS) is 12.1. The van der Waals surface area contributed by atoms with Gasteiger partial charge in [0.1, 0.15) is 5.75 Å². The molecule has 0 aliphatic heterocycles. The number of hydrogen-bond acceptors (Lipinski definition) is 4. The summed E-state index contributed by atoms with van der Waals surface area (Å²) in [5.41, 5.74) is 6.13. The Morgan fingerprint density at radius 2 is 2.00 bits per heavy atom. The number of nitrogens with two attached hydrogens (primary N) is 1. The summed E-state index contributed by atoms with van der Waals surface area (Å²) in [5.74, 6) is 0.376. The van der Waals surface area contributed by atoms with E-state index in [1.165, 1.54) is 23.5 Å². The molecule has 0 unspecified atom stereocenters. The van der Waals surface area contributed by atoms with Crippen LogP contribution in [0.15, 0.2) is 23.1 Å². The lowest BCUT2D eigenvalue weighted by atomic mass is 10.3. The largest absolute Gasteiger partial charge is 0.495 e. The second kappa shape index (κ2) is 6.25. The SMILES string of the molecule is CCCN(C(C)C)S(=O)(=O)c1ccc(N)c(OC)c1. The maximum absolute atomic E-state index is 12.6. The van der Waals surface area contributed by atoms with Crippen molar-refractivity contribution in [2.45, 2.75) is 38.1 Å². The van der Waals surface area contributed by atoms with Crippen LogP contribution in [-0.4, -0.2) is 32.4 Å². The maximum Gasteiger partial charge on any atom is 0.243 e. The number of sulfonamides is 1. The molecule has 0 radical (unpaired) electrons. The summed E-state index contributed by atoms with van der Waals surface area (Å²) in [7, 11) is -2.05. The second-order valence-corrected chi connectivity index (χ2v) is 6.50. The first-order chi connectivity index (χ1) is 8.84. The van der Waals surface area contributed by atoms with Gasteiger partial charge in [0.2, 0.25) is 10.0 Å². The van der Waals surface area contributed by atoms with E-state index in [9.17, 15) is 8.42 Å². The maximum atomic E-state index is 12.6. The number of nitrogen functional groups attached to an aromatic ring is 1. The number of nitrogens with zero attached hydrogens (tertiary/aromatic N) is 1. The smallest absolute Gasteiger partial charge is 0.243 e. The molecule has 0 aromatic heterocycles. The molecular formula is C13H22N2O3S. The summed E-state index contributed by atoms with van der Waals surface area (Å²) >= 11 is 0. The summed E-state index contributed by atoms with van der Waals surface area (Å²) in [6, 6.07) is 4.44. The summed E-state index contributed by atoms with van der Waals surface area (Å²) in [6.45, 7) is 6.17. The van der Waals surface area contributed by atoms with Crippen molar-refractivity contribution in [3.05, 3.63) is 18.2 Å². The Bertz CT molecular complexity index is 527. The number of hydrogen-bond donors (Lipinski definition) is 1. The van der Waals surface area contributed by atoms with Crippen molar-refractivity contribution in [1.29, 1.82) is 0 Å². The van der Waals surface area contributed by atoms with Gasteiger partial charge in [-0.25, -0.2) is 8.42 Å². The van der Waals surface area contributed by atoms with Gasteiger partial charge >= 0.3 is 0 Å². The van der Waals surface area contributed by atoms with Crippen LogP contribution in [0.25, 0.3) is 0 Å². The highest BCUT2D eigenvalue weighted by atomic mass is 32.2. The van der Waals surface area contributed by atoms with Gasteiger partial charge in [-0.1, -0.05) is 6.92 Å². The van der Waals surface area contributed by atoms with E-state index in [1.807, 2.05) is 20.8 Å². The summed E-state index contributed by atoms with van der Waals surface area (Å²) < 4.78 is 31.7. The molecule has 1 rings (SSSR count). The lowest BCUT2D eigenvalue weighted by Gasteiger charge is -2.25. The predicted molar refractivity (Wildman–Crippen MR) is 76.7 cm³/mol. The molecule has 0 aliphatic carbocycles. The van der Waals surface area contributed by atoms with Crippen molar-refractivity contribution < 1.29 is 13.2 Å². The predicted octanol–water partition coefficient (Wildman–Crippen LogP) is 2.09. The topological polar surface area (TPSA) is 72.6 Å². The molecule has 5 nitrogen and oxygen atoms in total. The van der Waals surface area contributed by atoms with Gasteiger partial charge in [-0.3, -0.25) is 0 Å². The van der Waals surface area contributed by atoms with E-state index < -0.39 is 10.0 Å². The van der Waals surface area contributed by atoms with Gasteiger partial charge in [0.05, 0.1) is 17.7 Å². The zero-order valence-electron chi connectivity index (χ0n) is 11.9. The van der Waals surface area contributed by atoms with Crippen molar-refractivity contribution in [2.24, 2.45) is 0 Å². The highest BCUT2D eigenvalue weighted by Gasteiger charge is 2.26. The van der Waals surface area contributed by atoms with Crippen molar-refractivity contribution in [3.8, 4) is 5.75 Å². The molecular weight excluding hydrogens is 264 g/mol. The highest BCUT2D eigenvalue weighted by molar-refractivity contribution is 7.89. The van der Waals surface area contributed by atoms with Crippen LogP contribution < -0.4 is 10.5 Å². The molecule has 0 atom stereocenters. The molecule has 19 heavy (non-hydrogen) atoms. The molecule has 2 N–H and O–H groups in total. The Labute approximate surface area is 115 Å². The highest BCUT2D eigenvalue weighted by Crippen LogP contribution is 2.27. The van der Waals surface area contributed by atoms with Crippen molar-refractivity contribution in [2.75, 3.05) is 19.4 Å². The van der Waals surface area contributed by atoms with E-state index in [2.05, 4.69) is 0 Å². The lowest BCUT2D eigenvalue weighted by molar-refractivity contribution is 0.353. The van der Waals surface area contributed by atoms with Crippen LogP contribution in [-0.2, 0) is 10.0 Å². The van der Waals surface area contributed by atoms with Gasteiger partial charge in [-0.15, -0.1) is 0 Å².